The summed E-state index contributed by atoms with van der Waals surface area (Å²) in [6.07, 6.45) is 1.27. The first-order valence-electron chi connectivity index (χ1n) is 7.63. The van der Waals surface area contributed by atoms with Gasteiger partial charge in [-0.3, -0.25) is 14.4 Å². The van der Waals surface area contributed by atoms with Gasteiger partial charge >= 0.3 is 5.97 Å². The molecule has 0 aromatic rings. The highest BCUT2D eigenvalue weighted by molar-refractivity contribution is 5.90. The first-order valence-corrected chi connectivity index (χ1v) is 7.63. The molecule has 8 heteroatoms. The van der Waals surface area contributed by atoms with Crippen LogP contribution < -0.4 is 10.6 Å². The van der Waals surface area contributed by atoms with Crippen molar-refractivity contribution in [1.82, 2.24) is 15.5 Å². The summed E-state index contributed by atoms with van der Waals surface area (Å²) in [5, 5.41) is 4.77. The Morgan fingerprint density at radius 2 is 1.78 bits per heavy atom. The van der Waals surface area contributed by atoms with Gasteiger partial charge < -0.3 is 20.3 Å². The molecule has 1 aliphatic rings. The van der Waals surface area contributed by atoms with Gasteiger partial charge in [-0.1, -0.05) is 0 Å². The minimum atomic E-state index is -0.610. The number of rotatable bonds is 5. The second kappa shape index (κ2) is 7.94. The highest BCUT2D eigenvalue weighted by atomic mass is 16.6. The Kier molecular flexibility index (Phi) is 6.53. The summed E-state index contributed by atoms with van der Waals surface area (Å²) in [5.41, 5.74) is -0.610. The molecule has 1 fully saturated rings. The van der Waals surface area contributed by atoms with Gasteiger partial charge in [0, 0.05) is 13.5 Å². The summed E-state index contributed by atoms with van der Waals surface area (Å²) in [6, 6.07) is -0.603. The first kappa shape index (κ1) is 18.9. The Balaban J connectivity index is 2.49. The summed E-state index contributed by atoms with van der Waals surface area (Å²) in [4.78, 5) is 48.0. The fraction of sp³-hybridized carbons (Fsp3) is 0.733. The van der Waals surface area contributed by atoms with E-state index in [0.29, 0.717) is 13.0 Å². The van der Waals surface area contributed by atoms with Crippen molar-refractivity contribution in [2.75, 3.05) is 19.6 Å². The molecule has 8 nitrogen and oxygen atoms in total. The van der Waals surface area contributed by atoms with Crippen LogP contribution in [0.4, 0.5) is 0 Å². The Labute approximate surface area is 135 Å². The van der Waals surface area contributed by atoms with Crippen LogP contribution in [0.15, 0.2) is 0 Å². The Hall–Kier alpha value is -2.12. The van der Waals surface area contributed by atoms with Crippen LogP contribution in [-0.4, -0.2) is 59.9 Å². The molecular weight excluding hydrogens is 302 g/mol. The van der Waals surface area contributed by atoms with Crippen LogP contribution in [0, 0.1) is 0 Å². The number of hydrogen-bond donors (Lipinski definition) is 2. The topological polar surface area (TPSA) is 105 Å². The van der Waals surface area contributed by atoms with E-state index in [4.69, 9.17) is 4.74 Å². The number of likely N-dealkylation sites (tertiary alicyclic amines) is 1. The zero-order chi connectivity index (χ0) is 17.6. The molecule has 0 spiro atoms. The highest BCUT2D eigenvalue weighted by Gasteiger charge is 2.36. The molecule has 0 radical (unpaired) electrons. The third kappa shape index (κ3) is 6.66. The number of carbonyl (C=O) groups is 4. The van der Waals surface area contributed by atoms with E-state index in [2.05, 4.69) is 10.6 Å². The minimum absolute atomic E-state index is 0.182. The standard InChI is InChI=1S/C15H25N3O5/c1-10(19)16-8-12(20)17-9-13(21)18-7-5-6-11(18)14(22)23-15(2,3)4/h11H,5-9H2,1-4H3,(H,16,19)(H,17,20)/t11-/m0/s1. The van der Waals surface area contributed by atoms with Gasteiger partial charge in [-0.25, -0.2) is 4.79 Å². The fourth-order valence-electron chi connectivity index (χ4n) is 2.22. The highest BCUT2D eigenvalue weighted by Crippen LogP contribution is 2.21. The van der Waals surface area contributed by atoms with Gasteiger partial charge in [0.25, 0.3) is 0 Å². The largest absolute Gasteiger partial charge is 0.458 e. The average molecular weight is 327 g/mol. The molecule has 0 saturated carbocycles. The normalized spacial score (nSPS) is 17.6. The maximum Gasteiger partial charge on any atom is 0.329 e. The third-order valence-corrected chi connectivity index (χ3v) is 3.19. The lowest BCUT2D eigenvalue weighted by Crippen LogP contribution is -2.48. The second-order valence-electron chi connectivity index (χ2n) is 6.47. The van der Waals surface area contributed by atoms with Gasteiger partial charge in [-0.2, -0.15) is 0 Å². The van der Waals surface area contributed by atoms with Crippen molar-refractivity contribution in [3.05, 3.63) is 0 Å². The number of nitrogens with zero attached hydrogens (tertiary/aromatic N) is 1. The smallest absolute Gasteiger partial charge is 0.329 e. The van der Waals surface area contributed by atoms with E-state index in [1.54, 1.807) is 20.8 Å². The van der Waals surface area contributed by atoms with E-state index in [9.17, 15) is 19.2 Å². The predicted octanol–water partition coefficient (Wildman–Crippen LogP) is -0.429. The molecule has 2 N–H and O–H groups in total. The summed E-state index contributed by atoms with van der Waals surface area (Å²) in [5.74, 6) is -1.54. The van der Waals surface area contributed by atoms with Gasteiger partial charge in [-0.15, -0.1) is 0 Å². The SMILES string of the molecule is CC(=O)NCC(=O)NCC(=O)N1CCC[C@H]1C(=O)OC(C)(C)C. The number of amides is 3. The maximum absolute atomic E-state index is 12.2. The monoisotopic (exact) mass is 327 g/mol. The van der Waals surface area contributed by atoms with Crippen LogP contribution in [0.2, 0.25) is 0 Å². The summed E-state index contributed by atoms with van der Waals surface area (Å²) in [6.45, 7) is 6.69. The number of nitrogens with one attached hydrogen (secondary N) is 2. The Morgan fingerprint density at radius 1 is 1.13 bits per heavy atom. The summed E-state index contributed by atoms with van der Waals surface area (Å²) < 4.78 is 5.32. The molecule has 1 saturated heterocycles. The predicted molar refractivity (Wildman–Crippen MR) is 82.3 cm³/mol. The molecule has 130 valence electrons. The zero-order valence-corrected chi connectivity index (χ0v) is 14.1. The molecule has 0 unspecified atom stereocenters. The molecule has 3 amide bonds. The van der Waals surface area contributed by atoms with Crippen LogP contribution in [0.3, 0.4) is 0 Å². The van der Waals surface area contributed by atoms with Crippen molar-refractivity contribution in [2.24, 2.45) is 0 Å². The van der Waals surface area contributed by atoms with Gasteiger partial charge in [0.2, 0.25) is 17.7 Å². The number of hydrogen-bond acceptors (Lipinski definition) is 5. The Morgan fingerprint density at radius 3 is 2.35 bits per heavy atom. The van der Waals surface area contributed by atoms with Crippen molar-refractivity contribution in [3.8, 4) is 0 Å². The molecular formula is C15H25N3O5. The van der Waals surface area contributed by atoms with E-state index in [-0.39, 0.29) is 24.9 Å². The van der Waals surface area contributed by atoms with Crippen molar-refractivity contribution in [2.45, 2.75) is 52.2 Å². The Bertz CT molecular complexity index is 484. The fourth-order valence-corrected chi connectivity index (χ4v) is 2.22. The molecule has 0 aromatic heterocycles. The molecule has 0 aromatic carbocycles. The van der Waals surface area contributed by atoms with Crippen molar-refractivity contribution < 1.29 is 23.9 Å². The summed E-state index contributed by atoms with van der Waals surface area (Å²) in [7, 11) is 0. The van der Waals surface area contributed by atoms with E-state index in [1.165, 1.54) is 11.8 Å². The lowest BCUT2D eigenvalue weighted by molar-refractivity contribution is -0.163. The molecule has 0 bridgehead atoms. The first-order chi connectivity index (χ1) is 10.6. The quantitative estimate of drug-likeness (QED) is 0.667. The van der Waals surface area contributed by atoms with Gasteiger partial charge in [0.1, 0.15) is 11.6 Å². The van der Waals surface area contributed by atoms with Crippen molar-refractivity contribution in [3.63, 3.8) is 0 Å². The van der Waals surface area contributed by atoms with Gasteiger partial charge in [-0.05, 0) is 33.6 Å². The van der Waals surface area contributed by atoms with E-state index < -0.39 is 23.5 Å². The maximum atomic E-state index is 12.2. The van der Waals surface area contributed by atoms with Gasteiger partial charge in [0.05, 0.1) is 13.1 Å². The van der Waals surface area contributed by atoms with Gasteiger partial charge in [0.15, 0.2) is 0 Å². The van der Waals surface area contributed by atoms with Crippen molar-refractivity contribution >= 4 is 23.7 Å². The molecule has 1 rings (SSSR count). The zero-order valence-electron chi connectivity index (χ0n) is 14.1. The van der Waals surface area contributed by atoms with E-state index >= 15 is 0 Å². The van der Waals surface area contributed by atoms with E-state index in [1.807, 2.05) is 0 Å². The summed E-state index contributed by atoms with van der Waals surface area (Å²) >= 11 is 0. The van der Waals surface area contributed by atoms with E-state index in [0.717, 1.165) is 6.42 Å². The molecule has 1 aliphatic heterocycles. The van der Waals surface area contributed by atoms with Crippen LogP contribution >= 0.6 is 0 Å². The molecule has 0 aliphatic carbocycles. The van der Waals surface area contributed by atoms with Crippen LogP contribution in [-0.2, 0) is 23.9 Å². The number of carbonyl (C=O) groups excluding carboxylic acids is 4. The third-order valence-electron chi connectivity index (χ3n) is 3.19. The lowest BCUT2D eigenvalue weighted by Gasteiger charge is -2.27. The van der Waals surface area contributed by atoms with Crippen LogP contribution in [0.1, 0.15) is 40.5 Å². The second-order valence-corrected chi connectivity index (χ2v) is 6.47. The molecule has 1 atom stereocenters. The molecule has 23 heavy (non-hydrogen) atoms. The molecule has 1 heterocycles. The lowest BCUT2D eigenvalue weighted by atomic mass is 10.1. The minimum Gasteiger partial charge on any atom is -0.458 e. The van der Waals surface area contributed by atoms with Crippen LogP contribution in [0.5, 0.6) is 0 Å². The van der Waals surface area contributed by atoms with Crippen molar-refractivity contribution in [1.29, 1.82) is 0 Å². The average Bonchev–Trinajstić information content (AvgIpc) is 2.90. The van der Waals surface area contributed by atoms with Crippen LogP contribution in [0.25, 0.3) is 0 Å². The number of esters is 1. The number of ether oxygens (including phenoxy) is 1.